The molecule has 0 aliphatic rings. The van der Waals surface area contributed by atoms with Crippen LogP contribution in [0.2, 0.25) is 0 Å². The second kappa shape index (κ2) is 8.00. The van der Waals surface area contributed by atoms with Gasteiger partial charge in [-0.15, -0.1) is 0 Å². The van der Waals surface area contributed by atoms with Gasteiger partial charge in [-0.1, -0.05) is 18.2 Å². The molecule has 1 aromatic rings. The van der Waals surface area contributed by atoms with Crippen LogP contribution in [-0.2, 0) is 4.74 Å². The molecule has 3 heteroatoms. The number of esters is 1. The fourth-order valence-electron chi connectivity index (χ4n) is 0.789. The first-order valence-corrected chi connectivity index (χ1v) is 4.98. The van der Waals surface area contributed by atoms with Crippen LogP contribution in [0.15, 0.2) is 30.3 Å². The highest BCUT2D eigenvalue weighted by atomic mass is 16.5. The van der Waals surface area contributed by atoms with Crippen molar-refractivity contribution in [3.05, 3.63) is 35.9 Å². The summed E-state index contributed by atoms with van der Waals surface area (Å²) in [4.78, 5) is 11.0. The predicted octanol–water partition coefficient (Wildman–Crippen LogP) is 2.25. The van der Waals surface area contributed by atoms with Crippen molar-refractivity contribution in [3.8, 4) is 0 Å². The average molecular weight is 210 g/mol. The summed E-state index contributed by atoms with van der Waals surface area (Å²) in [5.41, 5.74) is 0.606. The van der Waals surface area contributed by atoms with Gasteiger partial charge in [0.05, 0.1) is 12.2 Å². The molecule has 0 aliphatic heterocycles. The van der Waals surface area contributed by atoms with Gasteiger partial charge in [0, 0.05) is 6.10 Å². The Labute approximate surface area is 90.7 Å². The predicted molar refractivity (Wildman–Crippen MR) is 59.8 cm³/mol. The van der Waals surface area contributed by atoms with Crippen molar-refractivity contribution in [1.29, 1.82) is 0 Å². The molecule has 15 heavy (non-hydrogen) atoms. The highest BCUT2D eigenvalue weighted by Crippen LogP contribution is 1.99. The number of hydrogen-bond acceptors (Lipinski definition) is 3. The molecule has 3 nitrogen and oxygen atoms in total. The molecule has 0 saturated carbocycles. The van der Waals surface area contributed by atoms with Crippen molar-refractivity contribution in [3.63, 3.8) is 0 Å². The van der Waals surface area contributed by atoms with Gasteiger partial charge >= 0.3 is 5.97 Å². The lowest BCUT2D eigenvalue weighted by Crippen LogP contribution is -2.03. The van der Waals surface area contributed by atoms with Crippen molar-refractivity contribution in [2.75, 3.05) is 6.61 Å². The van der Waals surface area contributed by atoms with Crippen LogP contribution in [0.1, 0.15) is 31.1 Å². The van der Waals surface area contributed by atoms with Crippen molar-refractivity contribution in [2.24, 2.45) is 0 Å². The molecule has 0 radical (unpaired) electrons. The van der Waals surface area contributed by atoms with E-state index in [9.17, 15) is 4.79 Å². The first kappa shape index (κ1) is 13.7. The Hall–Kier alpha value is -1.35. The number of aliphatic hydroxyl groups is 1. The Balaban J connectivity index is 0.000000423. The zero-order chi connectivity index (χ0) is 11.7. The van der Waals surface area contributed by atoms with Gasteiger partial charge in [0.25, 0.3) is 0 Å². The van der Waals surface area contributed by atoms with E-state index in [0.29, 0.717) is 12.2 Å². The van der Waals surface area contributed by atoms with Crippen molar-refractivity contribution in [2.45, 2.75) is 26.9 Å². The number of aliphatic hydroxyl groups excluding tert-OH is 1. The fourth-order valence-corrected chi connectivity index (χ4v) is 0.789. The third kappa shape index (κ3) is 7.70. The van der Waals surface area contributed by atoms with Crippen LogP contribution in [-0.4, -0.2) is 23.8 Å². The van der Waals surface area contributed by atoms with Gasteiger partial charge in [-0.2, -0.15) is 0 Å². The van der Waals surface area contributed by atoms with E-state index in [1.54, 1.807) is 32.9 Å². The lowest BCUT2D eigenvalue weighted by Gasteiger charge is -1.99. The van der Waals surface area contributed by atoms with Crippen LogP contribution in [0.4, 0.5) is 0 Å². The average Bonchev–Trinajstić information content (AvgIpc) is 2.19. The first-order chi connectivity index (χ1) is 7.07. The highest BCUT2D eigenvalue weighted by Gasteiger charge is 2.02. The Bertz CT molecular complexity index is 265. The molecule has 1 rings (SSSR count). The molecule has 0 spiro atoms. The summed E-state index contributed by atoms with van der Waals surface area (Å²) in [7, 11) is 0. The molecule has 1 aromatic carbocycles. The number of benzene rings is 1. The maximum absolute atomic E-state index is 11.0. The van der Waals surface area contributed by atoms with Crippen molar-refractivity contribution < 1.29 is 14.6 Å². The number of rotatable bonds is 2. The fraction of sp³-hybridized carbons (Fsp3) is 0.417. The Morgan fingerprint density at radius 2 is 1.80 bits per heavy atom. The zero-order valence-electron chi connectivity index (χ0n) is 9.43. The Morgan fingerprint density at radius 1 is 1.33 bits per heavy atom. The Kier molecular flexibility index (Phi) is 7.28. The molecule has 0 atom stereocenters. The molecule has 0 saturated heterocycles. The second-order valence-electron chi connectivity index (χ2n) is 3.18. The van der Waals surface area contributed by atoms with Crippen LogP contribution in [0, 0.1) is 0 Å². The van der Waals surface area contributed by atoms with Crippen LogP contribution in [0.3, 0.4) is 0 Å². The summed E-state index contributed by atoms with van der Waals surface area (Å²) in [6.45, 7) is 5.66. The summed E-state index contributed by atoms with van der Waals surface area (Å²) < 4.78 is 4.79. The van der Waals surface area contributed by atoms with E-state index >= 15 is 0 Å². The van der Waals surface area contributed by atoms with E-state index in [2.05, 4.69) is 0 Å². The molecule has 0 heterocycles. The Morgan fingerprint density at radius 3 is 2.20 bits per heavy atom. The maximum atomic E-state index is 11.0. The van der Waals surface area contributed by atoms with Gasteiger partial charge in [-0.25, -0.2) is 4.79 Å². The van der Waals surface area contributed by atoms with Gasteiger partial charge in [0.2, 0.25) is 0 Å². The first-order valence-electron chi connectivity index (χ1n) is 4.98. The highest BCUT2D eigenvalue weighted by molar-refractivity contribution is 5.89. The molecule has 1 N–H and O–H groups in total. The minimum Gasteiger partial charge on any atom is -0.462 e. The van der Waals surface area contributed by atoms with Crippen molar-refractivity contribution in [1.82, 2.24) is 0 Å². The molecule has 0 aromatic heterocycles. The third-order valence-electron chi connectivity index (χ3n) is 1.28. The van der Waals surface area contributed by atoms with Crippen LogP contribution >= 0.6 is 0 Å². The van der Waals surface area contributed by atoms with E-state index in [1.165, 1.54) is 0 Å². The van der Waals surface area contributed by atoms with E-state index < -0.39 is 0 Å². The minimum absolute atomic E-state index is 0.167. The summed E-state index contributed by atoms with van der Waals surface area (Å²) in [6, 6.07) is 8.96. The van der Waals surface area contributed by atoms with Crippen LogP contribution in [0.25, 0.3) is 0 Å². The second-order valence-corrected chi connectivity index (χ2v) is 3.18. The van der Waals surface area contributed by atoms with E-state index in [1.807, 2.05) is 18.2 Å². The quantitative estimate of drug-likeness (QED) is 0.761. The zero-order valence-corrected chi connectivity index (χ0v) is 9.43. The minimum atomic E-state index is -0.256. The van der Waals surface area contributed by atoms with Gasteiger partial charge in [-0.05, 0) is 32.9 Å². The number of ether oxygens (including phenoxy) is 1. The van der Waals surface area contributed by atoms with Gasteiger partial charge < -0.3 is 9.84 Å². The molecule has 0 aliphatic carbocycles. The lowest BCUT2D eigenvalue weighted by molar-refractivity contribution is 0.0526. The van der Waals surface area contributed by atoms with E-state index in [-0.39, 0.29) is 12.1 Å². The molecule has 84 valence electrons. The van der Waals surface area contributed by atoms with Crippen LogP contribution in [0.5, 0.6) is 0 Å². The summed E-state index contributed by atoms with van der Waals surface area (Å²) in [5.74, 6) is -0.256. The van der Waals surface area contributed by atoms with Gasteiger partial charge in [0.15, 0.2) is 0 Å². The topological polar surface area (TPSA) is 46.5 Å². The SMILES string of the molecule is CC(C)O.CCOC(=O)c1ccccc1. The monoisotopic (exact) mass is 210 g/mol. The summed E-state index contributed by atoms with van der Waals surface area (Å²) in [5, 5.41) is 8.06. The summed E-state index contributed by atoms with van der Waals surface area (Å²) in [6.07, 6.45) is -0.167. The van der Waals surface area contributed by atoms with E-state index in [0.717, 1.165) is 0 Å². The van der Waals surface area contributed by atoms with Gasteiger partial charge in [-0.3, -0.25) is 0 Å². The molecular weight excluding hydrogens is 192 g/mol. The molecule has 0 bridgehead atoms. The van der Waals surface area contributed by atoms with Crippen molar-refractivity contribution >= 4 is 5.97 Å². The normalized spacial score (nSPS) is 9.13. The molecule has 0 fully saturated rings. The summed E-state index contributed by atoms with van der Waals surface area (Å²) >= 11 is 0. The third-order valence-corrected chi connectivity index (χ3v) is 1.28. The number of hydrogen-bond donors (Lipinski definition) is 1. The maximum Gasteiger partial charge on any atom is 0.338 e. The standard InChI is InChI=1S/C9H10O2.C3H8O/c1-2-11-9(10)8-6-4-3-5-7-8;1-3(2)4/h3-7H,2H2,1H3;3-4H,1-2H3. The smallest absolute Gasteiger partial charge is 0.338 e. The van der Waals surface area contributed by atoms with Crippen LogP contribution < -0.4 is 0 Å². The molecule has 0 unspecified atom stereocenters. The lowest BCUT2D eigenvalue weighted by atomic mass is 10.2. The molecular formula is C12H18O3. The van der Waals surface area contributed by atoms with E-state index in [4.69, 9.17) is 9.84 Å². The number of carbonyl (C=O) groups is 1. The molecule has 0 amide bonds. The number of carbonyl (C=O) groups excluding carboxylic acids is 1. The largest absolute Gasteiger partial charge is 0.462 e. The van der Waals surface area contributed by atoms with Gasteiger partial charge in [0.1, 0.15) is 0 Å².